The van der Waals surface area contributed by atoms with Crippen LogP contribution in [0.25, 0.3) is 0 Å². The van der Waals surface area contributed by atoms with E-state index in [0.717, 1.165) is 12.8 Å². The smallest absolute Gasteiger partial charge is 0.335 e. The van der Waals surface area contributed by atoms with Crippen LogP contribution in [0.1, 0.15) is 84.9 Å². The fourth-order valence-corrected chi connectivity index (χ4v) is 3.97. The quantitative estimate of drug-likeness (QED) is 0.709. The van der Waals surface area contributed by atoms with Crippen LogP contribution in [-0.4, -0.2) is 23.5 Å². The number of ether oxygens (including phenoxy) is 1. The second-order valence-corrected chi connectivity index (χ2v) is 8.81. The number of hydrogen-bond donors (Lipinski definition) is 1. The summed E-state index contributed by atoms with van der Waals surface area (Å²) in [6, 6.07) is 10.1. The average Bonchev–Trinajstić information content (AvgIpc) is 2.65. The molecule has 0 heterocycles. The van der Waals surface area contributed by atoms with Crippen LogP contribution in [0.3, 0.4) is 0 Å². The highest BCUT2D eigenvalue weighted by molar-refractivity contribution is 6.11. The standard InChI is InChI=1S/C24H28O4/c1-6-28-20-14-19-18(23(2,3)11-12-24(19,4)5)13-17(20)21(25)15-7-9-16(10-8-15)22(26)27/h7-10,13-14H,6,11-12H2,1-5H3,(H,26,27). The number of aromatic carboxylic acids is 1. The minimum absolute atomic E-state index is 0.0161. The van der Waals surface area contributed by atoms with Crippen molar-refractivity contribution < 1.29 is 19.4 Å². The van der Waals surface area contributed by atoms with Crippen molar-refractivity contribution in [3.63, 3.8) is 0 Å². The molecule has 0 saturated carbocycles. The summed E-state index contributed by atoms with van der Waals surface area (Å²) in [4.78, 5) is 24.3. The van der Waals surface area contributed by atoms with Gasteiger partial charge in [-0.2, -0.15) is 0 Å². The average molecular weight is 380 g/mol. The van der Waals surface area contributed by atoms with Gasteiger partial charge in [0.25, 0.3) is 0 Å². The van der Waals surface area contributed by atoms with Crippen molar-refractivity contribution in [2.24, 2.45) is 0 Å². The first kappa shape index (κ1) is 20.1. The van der Waals surface area contributed by atoms with E-state index in [1.165, 1.54) is 23.3 Å². The molecule has 3 rings (SSSR count). The van der Waals surface area contributed by atoms with E-state index in [1.54, 1.807) is 12.1 Å². The highest BCUT2D eigenvalue weighted by atomic mass is 16.5. The zero-order valence-corrected chi connectivity index (χ0v) is 17.3. The van der Waals surface area contributed by atoms with E-state index in [9.17, 15) is 9.59 Å². The molecule has 0 amide bonds. The Morgan fingerprint density at radius 1 is 0.929 bits per heavy atom. The van der Waals surface area contributed by atoms with Crippen LogP contribution in [0.4, 0.5) is 0 Å². The molecule has 0 saturated heterocycles. The van der Waals surface area contributed by atoms with Gasteiger partial charge >= 0.3 is 5.97 Å². The molecule has 0 bridgehead atoms. The molecule has 0 fully saturated rings. The highest BCUT2D eigenvalue weighted by Gasteiger charge is 2.38. The van der Waals surface area contributed by atoms with Gasteiger partial charge in [0.1, 0.15) is 5.75 Å². The number of carboxylic acid groups (broad SMARTS) is 1. The highest BCUT2D eigenvalue weighted by Crippen LogP contribution is 2.47. The lowest BCUT2D eigenvalue weighted by molar-refractivity contribution is 0.0696. The Labute approximate surface area is 166 Å². The summed E-state index contributed by atoms with van der Waals surface area (Å²) in [5, 5.41) is 9.08. The third-order valence-electron chi connectivity index (χ3n) is 5.89. The van der Waals surface area contributed by atoms with Gasteiger partial charge in [-0.15, -0.1) is 0 Å². The molecule has 1 aliphatic rings. The molecule has 1 N–H and O–H groups in total. The third kappa shape index (κ3) is 3.56. The molecular formula is C24H28O4. The van der Waals surface area contributed by atoms with Gasteiger partial charge in [0, 0.05) is 5.56 Å². The van der Waals surface area contributed by atoms with E-state index in [4.69, 9.17) is 9.84 Å². The van der Waals surface area contributed by atoms with E-state index in [2.05, 4.69) is 27.7 Å². The van der Waals surface area contributed by atoms with Gasteiger partial charge in [-0.25, -0.2) is 4.79 Å². The Bertz CT molecular complexity index is 920. The Balaban J connectivity index is 2.14. The van der Waals surface area contributed by atoms with Crippen LogP contribution in [0.15, 0.2) is 36.4 Å². The summed E-state index contributed by atoms with van der Waals surface area (Å²) >= 11 is 0. The first-order valence-electron chi connectivity index (χ1n) is 9.76. The van der Waals surface area contributed by atoms with Crippen molar-refractivity contribution in [2.45, 2.75) is 58.3 Å². The molecule has 0 unspecified atom stereocenters. The second kappa shape index (κ2) is 7.08. The van der Waals surface area contributed by atoms with E-state index in [-0.39, 0.29) is 22.2 Å². The van der Waals surface area contributed by atoms with Gasteiger partial charge in [-0.1, -0.05) is 39.8 Å². The molecule has 28 heavy (non-hydrogen) atoms. The summed E-state index contributed by atoms with van der Waals surface area (Å²) in [6.07, 6.45) is 2.14. The van der Waals surface area contributed by atoms with Gasteiger partial charge < -0.3 is 9.84 Å². The molecule has 4 heteroatoms. The number of carbonyl (C=O) groups excluding carboxylic acids is 1. The number of hydrogen-bond acceptors (Lipinski definition) is 3. The Morgan fingerprint density at radius 2 is 1.43 bits per heavy atom. The first-order valence-corrected chi connectivity index (χ1v) is 9.76. The number of carbonyl (C=O) groups is 2. The summed E-state index contributed by atoms with van der Waals surface area (Å²) in [6.45, 7) is 11.3. The topological polar surface area (TPSA) is 63.6 Å². The summed E-state index contributed by atoms with van der Waals surface area (Å²) in [5.41, 5.74) is 3.60. The molecule has 1 aliphatic carbocycles. The van der Waals surface area contributed by atoms with Crippen LogP contribution in [0.5, 0.6) is 5.75 Å². The van der Waals surface area contributed by atoms with Gasteiger partial charge in [0.15, 0.2) is 5.78 Å². The number of rotatable bonds is 5. The summed E-state index contributed by atoms with van der Waals surface area (Å²) in [7, 11) is 0. The van der Waals surface area contributed by atoms with E-state index in [0.29, 0.717) is 23.5 Å². The molecule has 0 spiro atoms. The molecule has 0 atom stereocenters. The lowest BCUT2D eigenvalue weighted by Crippen LogP contribution is -2.34. The molecule has 4 nitrogen and oxygen atoms in total. The maximum atomic E-state index is 13.3. The second-order valence-electron chi connectivity index (χ2n) is 8.81. The Kier molecular flexibility index (Phi) is 5.09. The van der Waals surface area contributed by atoms with E-state index in [1.807, 2.05) is 19.1 Å². The molecule has 2 aromatic rings. The maximum absolute atomic E-state index is 13.3. The monoisotopic (exact) mass is 380 g/mol. The fraction of sp³-hybridized carbons (Fsp3) is 0.417. The first-order chi connectivity index (χ1) is 13.1. The van der Waals surface area contributed by atoms with Crippen molar-refractivity contribution in [3.8, 4) is 5.75 Å². The largest absolute Gasteiger partial charge is 0.493 e. The normalized spacial score (nSPS) is 16.9. The van der Waals surface area contributed by atoms with Crippen molar-refractivity contribution in [2.75, 3.05) is 6.61 Å². The van der Waals surface area contributed by atoms with Gasteiger partial charge in [0.2, 0.25) is 0 Å². The lowest BCUT2D eigenvalue weighted by atomic mass is 9.62. The molecule has 2 aromatic carbocycles. The van der Waals surface area contributed by atoms with Crippen LogP contribution in [-0.2, 0) is 10.8 Å². The fourth-order valence-electron chi connectivity index (χ4n) is 3.97. The molecular weight excluding hydrogens is 352 g/mol. The predicted octanol–water partition coefficient (Wildman–Crippen LogP) is 5.36. The van der Waals surface area contributed by atoms with Crippen molar-refractivity contribution in [1.82, 2.24) is 0 Å². The maximum Gasteiger partial charge on any atom is 0.335 e. The third-order valence-corrected chi connectivity index (χ3v) is 5.89. The van der Waals surface area contributed by atoms with Crippen molar-refractivity contribution >= 4 is 11.8 Å². The van der Waals surface area contributed by atoms with Crippen LogP contribution < -0.4 is 4.74 Å². The Morgan fingerprint density at radius 3 is 1.93 bits per heavy atom. The number of benzene rings is 2. The van der Waals surface area contributed by atoms with Crippen molar-refractivity contribution in [1.29, 1.82) is 0 Å². The lowest BCUT2D eigenvalue weighted by Gasteiger charge is -2.42. The van der Waals surface area contributed by atoms with Gasteiger partial charge in [-0.05, 0) is 66.0 Å². The SMILES string of the molecule is CCOc1cc2c(cc1C(=O)c1ccc(C(=O)O)cc1)C(C)(C)CCC2(C)C. The molecule has 148 valence electrons. The van der Waals surface area contributed by atoms with Gasteiger partial charge in [-0.3, -0.25) is 4.79 Å². The molecule has 0 radical (unpaired) electrons. The molecule has 0 aromatic heterocycles. The Hall–Kier alpha value is -2.62. The van der Waals surface area contributed by atoms with E-state index >= 15 is 0 Å². The zero-order valence-electron chi connectivity index (χ0n) is 17.3. The van der Waals surface area contributed by atoms with Crippen LogP contribution in [0.2, 0.25) is 0 Å². The van der Waals surface area contributed by atoms with Crippen LogP contribution >= 0.6 is 0 Å². The number of fused-ring (bicyclic) bond motifs is 1. The number of ketones is 1. The summed E-state index contributed by atoms with van der Waals surface area (Å²) < 4.78 is 5.85. The summed E-state index contributed by atoms with van der Waals surface area (Å²) in [5.74, 6) is -0.562. The van der Waals surface area contributed by atoms with Crippen molar-refractivity contribution in [3.05, 3.63) is 64.2 Å². The van der Waals surface area contributed by atoms with E-state index < -0.39 is 5.97 Å². The number of carboxylic acids is 1. The zero-order chi connectivity index (χ0) is 20.7. The minimum Gasteiger partial charge on any atom is -0.493 e. The minimum atomic E-state index is -1.01. The molecule has 0 aliphatic heterocycles. The van der Waals surface area contributed by atoms with Crippen LogP contribution in [0, 0.1) is 0 Å². The van der Waals surface area contributed by atoms with Gasteiger partial charge in [0.05, 0.1) is 17.7 Å². The predicted molar refractivity (Wildman–Crippen MR) is 110 cm³/mol.